The molecule has 0 saturated heterocycles. The fraction of sp³-hybridized carbons (Fsp3) is 0.579. The first-order chi connectivity index (χ1) is 20.4. The fourth-order valence-electron chi connectivity index (χ4n) is 6.80. The second-order valence-corrected chi connectivity index (χ2v) is 38.6. The summed E-state index contributed by atoms with van der Waals surface area (Å²) < 4.78 is 0. The SMILES string of the molecule is CC1=[C-]CC=C1.CC1=[C-]CC=C1.CCCC([Si](C)(C)Cl)[Si](C)(C)C1=[C-]CC=C1.CCCC([Si](C)(C)Cl)[Si](C)(C)C1=[C-]CC=C1.[Cl-].[Cl-].[Zr+2].[Zr+2]. The Hall–Kier alpha value is 1.71. The van der Waals surface area contributed by atoms with E-state index in [9.17, 15) is 0 Å². The van der Waals surface area contributed by atoms with E-state index in [2.05, 4.69) is 153 Å². The molecule has 0 fully saturated rings. The van der Waals surface area contributed by atoms with Crippen LogP contribution in [0.4, 0.5) is 0 Å². The zero-order chi connectivity index (χ0) is 33.6. The molecule has 0 aromatic heterocycles. The van der Waals surface area contributed by atoms with Gasteiger partial charge in [-0.15, -0.1) is 25.7 Å². The minimum absolute atomic E-state index is 0. The average Bonchev–Trinajstić information content (AvgIpc) is 3.74. The van der Waals surface area contributed by atoms with Gasteiger partial charge in [0, 0.05) is 16.1 Å². The normalized spacial score (nSPS) is 17.1. The molecular formula is C38H62Cl4Si4Zr2-2. The predicted octanol–water partition coefficient (Wildman–Crippen LogP) is 7.55. The average molecular weight is 956 g/mol. The van der Waals surface area contributed by atoms with Gasteiger partial charge in [-0.1, -0.05) is 106 Å². The number of hydrogen-bond donors (Lipinski definition) is 0. The number of halogens is 4. The van der Waals surface area contributed by atoms with E-state index in [1.165, 1.54) is 47.2 Å². The summed E-state index contributed by atoms with van der Waals surface area (Å²) in [5, 5.41) is 4.54. The third-order valence-electron chi connectivity index (χ3n) is 9.07. The summed E-state index contributed by atoms with van der Waals surface area (Å²) in [4.78, 5) is 0. The maximum Gasteiger partial charge on any atom is 2.00 e. The summed E-state index contributed by atoms with van der Waals surface area (Å²) in [6.07, 6.45) is 39.9. The van der Waals surface area contributed by atoms with Crippen molar-refractivity contribution in [3.8, 4) is 0 Å². The van der Waals surface area contributed by atoms with Crippen molar-refractivity contribution in [3.63, 3.8) is 0 Å². The van der Waals surface area contributed by atoms with Crippen LogP contribution in [0.3, 0.4) is 0 Å². The topological polar surface area (TPSA) is 0 Å². The van der Waals surface area contributed by atoms with Crippen LogP contribution in [0, 0.1) is 24.3 Å². The quantitative estimate of drug-likeness (QED) is 0.121. The van der Waals surface area contributed by atoms with Gasteiger partial charge in [-0.05, 0) is 10.3 Å². The van der Waals surface area contributed by atoms with Crippen LogP contribution in [0.2, 0.25) is 62.7 Å². The van der Waals surface area contributed by atoms with Gasteiger partial charge in [-0.25, -0.2) is 45.8 Å². The van der Waals surface area contributed by atoms with Crippen molar-refractivity contribution < 1.29 is 77.2 Å². The maximum absolute atomic E-state index is 6.75. The molecule has 4 aliphatic carbocycles. The summed E-state index contributed by atoms with van der Waals surface area (Å²) in [5.74, 6) is 0. The molecular weight excluding hydrogens is 893 g/mol. The zero-order valence-corrected chi connectivity index (χ0v) is 43.9. The largest absolute Gasteiger partial charge is 2.00 e. The van der Waals surface area contributed by atoms with Crippen LogP contribution in [-0.4, -0.2) is 30.9 Å². The van der Waals surface area contributed by atoms with Crippen molar-refractivity contribution in [1.29, 1.82) is 0 Å². The second kappa shape index (κ2) is 27.3. The Morgan fingerprint density at radius 1 is 0.542 bits per heavy atom. The molecule has 0 saturated carbocycles. The third kappa shape index (κ3) is 20.2. The van der Waals surface area contributed by atoms with Crippen molar-refractivity contribution in [1.82, 2.24) is 0 Å². The van der Waals surface area contributed by atoms with E-state index >= 15 is 0 Å². The van der Waals surface area contributed by atoms with Crippen LogP contribution in [0.1, 0.15) is 79.1 Å². The van der Waals surface area contributed by atoms with E-state index < -0.39 is 30.9 Å². The van der Waals surface area contributed by atoms with Gasteiger partial charge >= 0.3 is 52.4 Å². The van der Waals surface area contributed by atoms with Crippen LogP contribution in [0.15, 0.2) is 70.1 Å². The Balaban J connectivity index is -0.000000283. The summed E-state index contributed by atoms with van der Waals surface area (Å²) in [6.45, 7) is 27.8. The van der Waals surface area contributed by atoms with Gasteiger partial charge in [0.05, 0.1) is 0 Å². The molecule has 0 radical (unpaired) electrons. The molecule has 4 aliphatic rings. The summed E-state index contributed by atoms with van der Waals surface area (Å²) >= 11 is 13.5. The molecule has 0 bridgehead atoms. The van der Waals surface area contributed by atoms with E-state index in [-0.39, 0.29) is 77.2 Å². The Morgan fingerprint density at radius 3 is 0.958 bits per heavy atom. The monoisotopic (exact) mass is 950 g/mol. The van der Waals surface area contributed by atoms with Gasteiger partial charge in [0.15, 0.2) is 14.8 Å². The molecule has 0 nitrogen and oxygen atoms in total. The molecule has 48 heavy (non-hydrogen) atoms. The van der Waals surface area contributed by atoms with Gasteiger partial charge in [0.1, 0.15) is 0 Å². The Bertz CT molecular complexity index is 1060. The number of rotatable bonds is 10. The number of hydrogen-bond acceptors (Lipinski definition) is 0. The van der Waals surface area contributed by atoms with Crippen molar-refractivity contribution in [2.45, 2.75) is 142 Å². The van der Waals surface area contributed by atoms with Gasteiger partial charge in [-0.3, -0.25) is 24.3 Å². The van der Waals surface area contributed by atoms with Gasteiger partial charge < -0.3 is 24.8 Å². The molecule has 0 heterocycles. The molecule has 10 heteroatoms. The van der Waals surface area contributed by atoms with Gasteiger partial charge in [-0.2, -0.15) is 46.5 Å². The standard InChI is InChI=1S/2C13H24ClSi2.2C6H7.2ClH.2Zr/c2*1-6-9-13(16(4,5)14)15(2,3)12-10-7-8-11-12;2*1-6-4-2-3-5-6;;;;/h2*7,10,13H,6,8-9H2,1-5H3;2*2,4H,3H2,1H3;2*1H;;/q4*-1;;;2*+2/p-2. The Labute approximate surface area is 362 Å². The first-order valence-corrected chi connectivity index (χ1v) is 31.1. The minimum atomic E-state index is -1.57. The maximum atomic E-state index is 6.75. The predicted molar refractivity (Wildman–Crippen MR) is 212 cm³/mol. The van der Waals surface area contributed by atoms with Crippen LogP contribution in [-0.2, 0) is 52.4 Å². The molecule has 0 amide bonds. The molecule has 0 N–H and O–H groups in total. The Morgan fingerprint density at radius 2 is 0.812 bits per heavy atom. The van der Waals surface area contributed by atoms with Crippen molar-refractivity contribution >= 4 is 53.1 Å². The van der Waals surface area contributed by atoms with E-state index in [4.69, 9.17) is 22.2 Å². The second-order valence-electron chi connectivity index (χ2n) is 14.6. The number of allylic oxidation sites excluding steroid dienone is 16. The van der Waals surface area contributed by atoms with Crippen LogP contribution < -0.4 is 24.8 Å². The van der Waals surface area contributed by atoms with E-state index in [0.29, 0.717) is 0 Å². The molecule has 2 unspecified atom stereocenters. The van der Waals surface area contributed by atoms with Crippen LogP contribution in [0.25, 0.3) is 0 Å². The van der Waals surface area contributed by atoms with Crippen molar-refractivity contribution in [2.75, 3.05) is 0 Å². The summed E-state index contributed by atoms with van der Waals surface area (Å²) in [6, 6.07) is 0. The molecule has 0 aromatic rings. The smallest absolute Gasteiger partial charge is 1.00 e. The van der Waals surface area contributed by atoms with Crippen LogP contribution >= 0.6 is 22.2 Å². The minimum Gasteiger partial charge on any atom is -1.00 e. The first kappa shape index (κ1) is 56.5. The molecule has 268 valence electrons. The molecule has 0 spiro atoms. The molecule has 0 aliphatic heterocycles. The van der Waals surface area contributed by atoms with E-state index in [0.717, 1.165) is 36.0 Å². The van der Waals surface area contributed by atoms with Crippen LogP contribution in [0.5, 0.6) is 0 Å². The van der Waals surface area contributed by atoms with Crippen molar-refractivity contribution in [2.24, 2.45) is 0 Å². The van der Waals surface area contributed by atoms with Gasteiger partial charge in [0.2, 0.25) is 0 Å². The van der Waals surface area contributed by atoms with Gasteiger partial charge in [0.25, 0.3) is 0 Å². The summed E-state index contributed by atoms with van der Waals surface area (Å²) in [5.41, 5.74) is 2.55. The van der Waals surface area contributed by atoms with E-state index in [1.54, 1.807) is 0 Å². The summed E-state index contributed by atoms with van der Waals surface area (Å²) in [7, 11) is -5.96. The zero-order valence-electron chi connectivity index (χ0n) is 31.9. The third-order valence-corrected chi connectivity index (χ3v) is 31.8. The molecule has 0 aromatic carbocycles. The van der Waals surface area contributed by atoms with E-state index in [1.807, 2.05) is 0 Å². The Kier molecular flexibility index (Phi) is 32.1. The first-order valence-electron chi connectivity index (χ1n) is 16.8. The molecule has 4 rings (SSSR count). The van der Waals surface area contributed by atoms with Crippen molar-refractivity contribution in [3.05, 3.63) is 94.5 Å². The molecule has 2 atom stereocenters. The fourth-order valence-corrected chi connectivity index (χ4v) is 34.0.